The fourth-order valence-corrected chi connectivity index (χ4v) is 4.55. The van der Waals surface area contributed by atoms with Crippen LogP contribution >= 0.6 is 0 Å². The van der Waals surface area contributed by atoms with Crippen LogP contribution in [-0.2, 0) is 22.9 Å². The molecule has 2 aromatic heterocycles. The van der Waals surface area contributed by atoms with E-state index in [9.17, 15) is 13.2 Å². The Morgan fingerprint density at radius 2 is 2.07 bits per heavy atom. The summed E-state index contributed by atoms with van der Waals surface area (Å²) in [5.41, 5.74) is 3.65. The standard InChI is InChI=1S/C19H21N5O5S/c1-2-3-10-21-30(27,28)13-6-4-12(5-7-13)24-17-14(18(23-24)29-19(25)26)8-9-16-15(17)11-20-22-16/h4-7,11,21H,2-3,8-10H2,1H3,(H,20,22)(H,25,26). The molecule has 0 aliphatic heterocycles. The Morgan fingerprint density at radius 3 is 2.77 bits per heavy atom. The minimum absolute atomic E-state index is 0.0160. The topological polar surface area (TPSA) is 139 Å². The van der Waals surface area contributed by atoms with Crippen molar-refractivity contribution in [2.45, 2.75) is 37.5 Å². The first-order valence-electron chi connectivity index (χ1n) is 9.56. The summed E-state index contributed by atoms with van der Waals surface area (Å²) >= 11 is 0. The van der Waals surface area contributed by atoms with Gasteiger partial charge in [0.25, 0.3) is 0 Å². The molecule has 1 aliphatic rings. The fraction of sp³-hybridized carbons (Fsp3) is 0.316. The lowest BCUT2D eigenvalue weighted by atomic mass is 9.95. The predicted octanol–water partition coefficient (Wildman–Crippen LogP) is 2.50. The van der Waals surface area contributed by atoms with E-state index >= 15 is 0 Å². The van der Waals surface area contributed by atoms with Crippen molar-refractivity contribution in [3.63, 3.8) is 0 Å². The lowest BCUT2D eigenvalue weighted by molar-refractivity contribution is 0.142. The van der Waals surface area contributed by atoms with Gasteiger partial charge in [-0.15, -0.1) is 5.10 Å². The Labute approximate surface area is 172 Å². The molecule has 0 amide bonds. The highest BCUT2D eigenvalue weighted by Crippen LogP contribution is 2.39. The third-order valence-corrected chi connectivity index (χ3v) is 6.42. The van der Waals surface area contributed by atoms with Crippen LogP contribution in [0.4, 0.5) is 4.79 Å². The maximum absolute atomic E-state index is 12.4. The molecule has 30 heavy (non-hydrogen) atoms. The SMILES string of the molecule is CCCCNS(=O)(=O)c1ccc(-n2nc(OC(=O)O)c3c2-c2cn[nH]c2CC3)cc1. The van der Waals surface area contributed by atoms with Gasteiger partial charge in [-0.25, -0.2) is 22.6 Å². The zero-order valence-electron chi connectivity index (χ0n) is 16.3. The molecule has 0 fully saturated rings. The molecule has 0 saturated carbocycles. The van der Waals surface area contributed by atoms with E-state index < -0.39 is 16.2 Å². The number of unbranched alkanes of at least 4 members (excludes halogenated alkanes) is 1. The van der Waals surface area contributed by atoms with Gasteiger partial charge >= 0.3 is 6.16 Å². The first-order valence-corrected chi connectivity index (χ1v) is 11.0. The van der Waals surface area contributed by atoms with Crippen LogP contribution in [0.15, 0.2) is 35.4 Å². The van der Waals surface area contributed by atoms with Crippen LogP contribution in [0.3, 0.4) is 0 Å². The van der Waals surface area contributed by atoms with Crippen molar-refractivity contribution in [2.24, 2.45) is 0 Å². The van der Waals surface area contributed by atoms with Gasteiger partial charge in [-0.3, -0.25) is 5.10 Å². The van der Waals surface area contributed by atoms with Crippen LogP contribution in [0.2, 0.25) is 0 Å². The van der Waals surface area contributed by atoms with Gasteiger partial charge in [0.1, 0.15) is 0 Å². The number of fused-ring (bicyclic) bond motifs is 3. The number of rotatable bonds is 7. The van der Waals surface area contributed by atoms with Crippen LogP contribution in [0.1, 0.15) is 31.0 Å². The average molecular weight is 431 g/mol. The Balaban J connectivity index is 1.73. The quantitative estimate of drug-likeness (QED) is 0.386. The number of benzene rings is 1. The first kappa shape index (κ1) is 20.1. The van der Waals surface area contributed by atoms with Gasteiger partial charge in [0.2, 0.25) is 15.9 Å². The highest BCUT2D eigenvalue weighted by Gasteiger charge is 2.29. The Bertz CT molecular complexity index is 1180. The molecule has 11 heteroatoms. The Morgan fingerprint density at radius 1 is 1.30 bits per heavy atom. The molecule has 0 spiro atoms. The third-order valence-electron chi connectivity index (χ3n) is 4.94. The van der Waals surface area contributed by atoms with Crippen molar-refractivity contribution >= 4 is 16.2 Å². The number of nitrogens with zero attached hydrogens (tertiary/aromatic N) is 3. The van der Waals surface area contributed by atoms with Crippen molar-refractivity contribution in [1.29, 1.82) is 0 Å². The second-order valence-corrected chi connectivity index (χ2v) is 8.69. The van der Waals surface area contributed by atoms with E-state index in [-0.39, 0.29) is 10.8 Å². The molecule has 3 N–H and O–H groups in total. The number of hydrogen-bond donors (Lipinski definition) is 3. The van der Waals surface area contributed by atoms with Gasteiger partial charge in [0.15, 0.2) is 0 Å². The van der Waals surface area contributed by atoms with Crippen LogP contribution in [0.25, 0.3) is 16.9 Å². The minimum Gasteiger partial charge on any atom is -0.449 e. The number of aromatic nitrogens is 4. The number of carbonyl (C=O) groups is 1. The molecule has 3 aromatic rings. The molecule has 0 bridgehead atoms. The molecular formula is C19H21N5O5S. The molecule has 1 aromatic carbocycles. The zero-order chi connectivity index (χ0) is 21.3. The Kier molecular flexibility index (Phi) is 5.31. The average Bonchev–Trinajstić information content (AvgIpc) is 3.32. The zero-order valence-corrected chi connectivity index (χ0v) is 17.1. The monoisotopic (exact) mass is 431 g/mol. The van der Waals surface area contributed by atoms with Gasteiger partial charge in [-0.1, -0.05) is 13.3 Å². The maximum Gasteiger partial charge on any atom is 0.512 e. The first-order chi connectivity index (χ1) is 14.4. The number of carboxylic acid groups (broad SMARTS) is 1. The van der Waals surface area contributed by atoms with E-state index in [1.54, 1.807) is 23.0 Å². The van der Waals surface area contributed by atoms with Crippen molar-refractivity contribution in [3.05, 3.63) is 41.7 Å². The summed E-state index contributed by atoms with van der Waals surface area (Å²) < 4.78 is 33.8. The number of hydrogen-bond acceptors (Lipinski definition) is 6. The van der Waals surface area contributed by atoms with E-state index in [1.165, 1.54) is 12.1 Å². The normalized spacial score (nSPS) is 13.0. The summed E-state index contributed by atoms with van der Waals surface area (Å²) in [7, 11) is -3.60. The highest BCUT2D eigenvalue weighted by molar-refractivity contribution is 7.89. The van der Waals surface area contributed by atoms with E-state index in [4.69, 9.17) is 9.84 Å². The van der Waals surface area contributed by atoms with Crippen molar-refractivity contribution < 1.29 is 23.1 Å². The summed E-state index contributed by atoms with van der Waals surface area (Å²) in [6.07, 6.45) is 3.07. The van der Waals surface area contributed by atoms with Crippen LogP contribution in [0, 0.1) is 0 Å². The number of H-pyrrole nitrogens is 1. The molecular weight excluding hydrogens is 410 g/mol. The number of aryl methyl sites for hydroxylation is 1. The Hall–Kier alpha value is -3.18. The molecule has 0 saturated heterocycles. The molecule has 0 unspecified atom stereocenters. The lowest BCUT2D eigenvalue weighted by Crippen LogP contribution is -2.24. The van der Waals surface area contributed by atoms with Crippen LogP contribution < -0.4 is 9.46 Å². The van der Waals surface area contributed by atoms with Crippen molar-refractivity contribution in [2.75, 3.05) is 6.54 Å². The highest BCUT2D eigenvalue weighted by atomic mass is 32.2. The summed E-state index contributed by atoms with van der Waals surface area (Å²) in [6.45, 7) is 2.37. The second-order valence-electron chi connectivity index (χ2n) is 6.92. The summed E-state index contributed by atoms with van der Waals surface area (Å²) in [4.78, 5) is 11.2. The molecule has 0 atom stereocenters. The van der Waals surface area contributed by atoms with Gasteiger partial charge in [-0.05, 0) is 43.5 Å². The fourth-order valence-electron chi connectivity index (χ4n) is 3.47. The lowest BCUT2D eigenvalue weighted by Gasteiger charge is -2.14. The molecule has 1 aliphatic carbocycles. The smallest absolute Gasteiger partial charge is 0.449 e. The number of sulfonamides is 1. The van der Waals surface area contributed by atoms with E-state index in [1.807, 2.05) is 6.92 Å². The molecule has 158 valence electrons. The molecule has 4 rings (SSSR count). The number of nitrogens with one attached hydrogen (secondary N) is 2. The number of ether oxygens (including phenoxy) is 1. The second kappa shape index (κ2) is 7.92. The predicted molar refractivity (Wildman–Crippen MR) is 107 cm³/mol. The van der Waals surface area contributed by atoms with Crippen molar-refractivity contribution in [3.8, 4) is 22.8 Å². The number of aromatic amines is 1. The van der Waals surface area contributed by atoms with E-state index in [0.717, 1.165) is 24.1 Å². The van der Waals surface area contributed by atoms with E-state index in [0.29, 0.717) is 36.3 Å². The maximum atomic E-state index is 12.4. The largest absolute Gasteiger partial charge is 0.512 e. The summed E-state index contributed by atoms with van der Waals surface area (Å²) in [5.74, 6) is 0.0160. The summed E-state index contributed by atoms with van der Waals surface area (Å²) in [5, 5.41) is 20.4. The van der Waals surface area contributed by atoms with Gasteiger partial charge in [-0.2, -0.15) is 5.10 Å². The van der Waals surface area contributed by atoms with Gasteiger partial charge in [0, 0.05) is 23.4 Å². The molecule has 2 heterocycles. The van der Waals surface area contributed by atoms with Gasteiger partial charge < -0.3 is 9.84 Å². The molecule has 10 nitrogen and oxygen atoms in total. The minimum atomic E-state index is -3.60. The van der Waals surface area contributed by atoms with Crippen molar-refractivity contribution in [1.82, 2.24) is 24.7 Å². The summed E-state index contributed by atoms with van der Waals surface area (Å²) in [6, 6.07) is 6.24. The van der Waals surface area contributed by atoms with Crippen LogP contribution in [0.5, 0.6) is 5.88 Å². The van der Waals surface area contributed by atoms with Gasteiger partial charge in [0.05, 0.1) is 22.5 Å². The van der Waals surface area contributed by atoms with E-state index in [2.05, 4.69) is 20.0 Å². The molecule has 0 radical (unpaired) electrons. The third kappa shape index (κ3) is 3.68. The van der Waals surface area contributed by atoms with Crippen LogP contribution in [-0.4, -0.2) is 46.2 Å².